The Morgan fingerprint density at radius 2 is 1.66 bits per heavy atom. The summed E-state index contributed by atoms with van der Waals surface area (Å²) < 4.78 is 10.5. The number of rotatable bonds is 9. The van der Waals surface area contributed by atoms with Crippen molar-refractivity contribution in [2.24, 2.45) is 5.73 Å². The molecule has 3 heterocycles. The van der Waals surface area contributed by atoms with Gasteiger partial charge < -0.3 is 30.7 Å². The van der Waals surface area contributed by atoms with Gasteiger partial charge in [0.05, 0.1) is 19.8 Å². The van der Waals surface area contributed by atoms with Crippen molar-refractivity contribution in [3.8, 4) is 11.5 Å². The van der Waals surface area contributed by atoms with Gasteiger partial charge in [-0.15, -0.1) is 0 Å². The Bertz CT molecular complexity index is 1410. The summed E-state index contributed by atoms with van der Waals surface area (Å²) in [6.45, 7) is 1.89. The average molecular weight is 558 g/mol. The molecular weight excluding hydrogens is 522 g/mol. The summed E-state index contributed by atoms with van der Waals surface area (Å²) in [6, 6.07) is 15.4. The van der Waals surface area contributed by atoms with Crippen LogP contribution in [0.5, 0.6) is 11.5 Å². The fourth-order valence-corrected chi connectivity index (χ4v) is 6.02. The molecule has 41 heavy (non-hydrogen) atoms. The maximum absolute atomic E-state index is 13.1. The molecule has 10 heteroatoms. The second-order valence-electron chi connectivity index (χ2n) is 10.6. The number of carbonyl (C=O) groups excluding carboxylic acids is 3. The SMILES string of the molecule is COc1ccc([C@H](NC(=O)c2ccc(N3[C@@H]4CC[C@H]3CC(NC(=O)c3cccc(OC)c3C)C4)nc2)C(N)=O)cc1. The van der Waals surface area contributed by atoms with Gasteiger partial charge in [0.2, 0.25) is 5.91 Å². The normalized spacial score (nSPS) is 20.2. The van der Waals surface area contributed by atoms with Crippen molar-refractivity contribution in [3.05, 3.63) is 83.0 Å². The van der Waals surface area contributed by atoms with Crippen LogP contribution in [0, 0.1) is 6.92 Å². The number of benzene rings is 2. The van der Waals surface area contributed by atoms with Gasteiger partial charge in [-0.25, -0.2) is 4.98 Å². The molecule has 10 nitrogen and oxygen atoms in total. The van der Waals surface area contributed by atoms with Crippen LogP contribution in [0.3, 0.4) is 0 Å². The summed E-state index contributed by atoms with van der Waals surface area (Å²) >= 11 is 0. The number of nitrogens with zero attached hydrogens (tertiary/aromatic N) is 2. The molecule has 3 aromatic rings. The van der Waals surface area contributed by atoms with Crippen LogP contribution in [-0.4, -0.2) is 55.1 Å². The van der Waals surface area contributed by atoms with Crippen LogP contribution in [0.1, 0.15) is 63.6 Å². The zero-order chi connectivity index (χ0) is 29.1. The molecule has 1 aromatic heterocycles. The smallest absolute Gasteiger partial charge is 0.253 e. The monoisotopic (exact) mass is 557 g/mol. The van der Waals surface area contributed by atoms with E-state index in [0.717, 1.165) is 37.1 Å². The highest BCUT2D eigenvalue weighted by Crippen LogP contribution is 2.38. The lowest BCUT2D eigenvalue weighted by molar-refractivity contribution is -0.120. The number of hydrogen-bond donors (Lipinski definition) is 3. The molecule has 0 saturated carbocycles. The molecule has 0 spiro atoms. The second-order valence-corrected chi connectivity index (χ2v) is 10.6. The fraction of sp³-hybridized carbons (Fsp3) is 0.355. The molecule has 2 aromatic carbocycles. The Morgan fingerprint density at radius 3 is 2.24 bits per heavy atom. The van der Waals surface area contributed by atoms with Gasteiger partial charge in [-0.2, -0.15) is 0 Å². The molecule has 2 saturated heterocycles. The maximum atomic E-state index is 13.1. The molecule has 3 amide bonds. The molecule has 2 bridgehead atoms. The van der Waals surface area contributed by atoms with E-state index in [1.165, 1.54) is 6.20 Å². The number of anilines is 1. The predicted octanol–water partition coefficient (Wildman–Crippen LogP) is 3.29. The number of aromatic nitrogens is 1. The number of nitrogens with two attached hydrogens (primary N) is 1. The summed E-state index contributed by atoms with van der Waals surface area (Å²) in [5.74, 6) is 0.930. The number of fused-ring (bicyclic) bond motifs is 2. The molecule has 4 atom stereocenters. The highest BCUT2D eigenvalue weighted by Gasteiger charge is 2.42. The predicted molar refractivity (Wildman–Crippen MR) is 154 cm³/mol. The van der Waals surface area contributed by atoms with E-state index in [0.29, 0.717) is 28.2 Å². The van der Waals surface area contributed by atoms with Crippen LogP contribution in [0.4, 0.5) is 5.82 Å². The standard InChI is InChI=1S/C31H35N5O5/c1-18-25(5-4-6-26(18)41-3)31(39)34-21-15-22-10-11-23(16-21)36(22)27-14-9-20(17-33-27)30(38)35-28(29(32)37)19-7-12-24(40-2)13-8-19/h4-9,12-14,17,21-23,28H,10-11,15-16H2,1-3H3,(H2,32,37)(H,34,39)(H,35,38)/t21?,22-,23+,28-/m0/s1. The van der Waals surface area contributed by atoms with Gasteiger partial charge in [-0.3, -0.25) is 14.4 Å². The Labute approximate surface area is 239 Å². The fourth-order valence-electron chi connectivity index (χ4n) is 6.02. The van der Waals surface area contributed by atoms with Gasteiger partial charge in [-0.05, 0) is 74.6 Å². The van der Waals surface area contributed by atoms with Crippen LogP contribution in [0.25, 0.3) is 0 Å². The third kappa shape index (κ3) is 5.82. The van der Waals surface area contributed by atoms with Gasteiger partial charge in [0.15, 0.2) is 0 Å². The molecule has 0 radical (unpaired) electrons. The van der Waals surface area contributed by atoms with Gasteiger partial charge in [-0.1, -0.05) is 18.2 Å². The molecule has 5 rings (SSSR count). The first kappa shape index (κ1) is 27.9. The molecule has 2 aliphatic rings. The number of carbonyl (C=O) groups is 3. The first-order valence-electron chi connectivity index (χ1n) is 13.7. The topological polar surface area (TPSA) is 136 Å². The summed E-state index contributed by atoms with van der Waals surface area (Å²) in [5.41, 5.74) is 7.92. The summed E-state index contributed by atoms with van der Waals surface area (Å²) in [4.78, 5) is 45.0. The largest absolute Gasteiger partial charge is 0.497 e. The lowest BCUT2D eigenvalue weighted by Gasteiger charge is -2.40. The van der Waals surface area contributed by atoms with E-state index in [4.69, 9.17) is 15.2 Å². The number of hydrogen-bond acceptors (Lipinski definition) is 7. The zero-order valence-electron chi connectivity index (χ0n) is 23.4. The quantitative estimate of drug-likeness (QED) is 0.367. The van der Waals surface area contributed by atoms with Gasteiger partial charge in [0, 0.05) is 35.4 Å². The molecule has 0 aliphatic carbocycles. The number of amides is 3. The van der Waals surface area contributed by atoms with Gasteiger partial charge in [0.25, 0.3) is 11.8 Å². The lowest BCUT2D eigenvalue weighted by Crippen LogP contribution is -2.50. The minimum Gasteiger partial charge on any atom is -0.497 e. The molecular formula is C31H35N5O5. The number of piperidine rings is 1. The van der Waals surface area contributed by atoms with Crippen molar-refractivity contribution < 1.29 is 23.9 Å². The van der Waals surface area contributed by atoms with Crippen LogP contribution in [0.15, 0.2) is 60.8 Å². The minimum absolute atomic E-state index is 0.0654. The first-order chi connectivity index (χ1) is 19.8. The number of primary amides is 1. The van der Waals surface area contributed by atoms with Crippen molar-refractivity contribution in [3.63, 3.8) is 0 Å². The Hall–Kier alpha value is -4.60. The summed E-state index contributed by atoms with van der Waals surface area (Å²) in [5, 5.41) is 5.94. The highest BCUT2D eigenvalue weighted by molar-refractivity contribution is 5.98. The summed E-state index contributed by atoms with van der Waals surface area (Å²) in [6.07, 6.45) is 5.19. The van der Waals surface area contributed by atoms with Crippen molar-refractivity contribution in [1.82, 2.24) is 15.6 Å². The Balaban J connectivity index is 1.22. The van der Waals surface area contributed by atoms with Crippen LogP contribution in [-0.2, 0) is 4.79 Å². The van der Waals surface area contributed by atoms with Crippen LogP contribution in [0.2, 0.25) is 0 Å². The van der Waals surface area contributed by atoms with Crippen molar-refractivity contribution in [2.75, 3.05) is 19.1 Å². The zero-order valence-corrected chi connectivity index (χ0v) is 23.4. The molecule has 1 unspecified atom stereocenters. The van der Waals surface area contributed by atoms with Gasteiger partial charge in [0.1, 0.15) is 23.4 Å². The summed E-state index contributed by atoms with van der Waals surface area (Å²) in [7, 11) is 3.15. The Morgan fingerprint density at radius 1 is 0.951 bits per heavy atom. The molecule has 2 aliphatic heterocycles. The van der Waals surface area contributed by atoms with E-state index < -0.39 is 17.9 Å². The van der Waals surface area contributed by atoms with Crippen molar-refractivity contribution >= 4 is 23.5 Å². The number of nitrogens with one attached hydrogen (secondary N) is 2. The Kier molecular flexibility index (Phi) is 8.09. The van der Waals surface area contributed by atoms with E-state index in [1.54, 1.807) is 44.6 Å². The third-order valence-corrected chi connectivity index (χ3v) is 8.10. The van der Waals surface area contributed by atoms with E-state index in [1.807, 2.05) is 31.2 Å². The first-order valence-corrected chi connectivity index (χ1v) is 13.7. The number of pyridine rings is 1. The molecule has 214 valence electrons. The van der Waals surface area contributed by atoms with Crippen LogP contribution < -0.4 is 30.7 Å². The highest BCUT2D eigenvalue weighted by atomic mass is 16.5. The lowest BCUT2D eigenvalue weighted by atomic mass is 9.96. The van der Waals surface area contributed by atoms with Gasteiger partial charge >= 0.3 is 0 Å². The van der Waals surface area contributed by atoms with E-state index in [-0.39, 0.29) is 24.0 Å². The third-order valence-electron chi connectivity index (χ3n) is 8.10. The van der Waals surface area contributed by atoms with E-state index >= 15 is 0 Å². The van der Waals surface area contributed by atoms with Crippen LogP contribution >= 0.6 is 0 Å². The van der Waals surface area contributed by atoms with Crippen molar-refractivity contribution in [2.45, 2.75) is 56.8 Å². The number of ether oxygens (including phenoxy) is 2. The van der Waals surface area contributed by atoms with Crippen molar-refractivity contribution in [1.29, 1.82) is 0 Å². The van der Waals surface area contributed by atoms with E-state index in [9.17, 15) is 14.4 Å². The van der Waals surface area contributed by atoms with E-state index in [2.05, 4.69) is 20.5 Å². The average Bonchev–Trinajstić information content (AvgIpc) is 3.25. The second kappa shape index (κ2) is 11.9. The molecule has 4 N–H and O–H groups in total. The minimum atomic E-state index is -0.987. The molecule has 2 fully saturated rings. The maximum Gasteiger partial charge on any atom is 0.253 e. The number of methoxy groups -OCH3 is 2.